The molecule has 0 heterocycles. The van der Waals surface area contributed by atoms with Crippen molar-refractivity contribution in [1.82, 2.24) is 5.32 Å². The molecule has 0 aliphatic carbocycles. The number of methoxy groups -OCH3 is 1. The Kier molecular flexibility index (Phi) is 15.8. The minimum Gasteiger partial charge on any atom is -0.383 e. The number of rotatable bonds is 9. The molecule has 0 unspecified atom stereocenters. The molecule has 0 aromatic rings. The first-order valence-corrected chi connectivity index (χ1v) is 5.77. The van der Waals surface area contributed by atoms with E-state index in [0.717, 1.165) is 13.0 Å². The summed E-state index contributed by atoms with van der Waals surface area (Å²) in [6.07, 6.45) is 1.09. The van der Waals surface area contributed by atoms with Gasteiger partial charge in [0.25, 0.3) is 0 Å². The summed E-state index contributed by atoms with van der Waals surface area (Å²) >= 11 is 0. The van der Waals surface area contributed by atoms with Gasteiger partial charge in [0, 0.05) is 20.3 Å². The lowest BCUT2D eigenvalue weighted by Gasteiger charge is -2.06. The molecule has 0 amide bonds. The Balaban J connectivity index is 0. The predicted molar refractivity (Wildman–Crippen MR) is 82.1 cm³/mol. The summed E-state index contributed by atoms with van der Waals surface area (Å²) in [5.74, 6) is 1.13. The van der Waals surface area contributed by atoms with E-state index in [1.165, 1.54) is 0 Å². The zero-order valence-corrected chi connectivity index (χ0v) is 13.4. The summed E-state index contributed by atoms with van der Waals surface area (Å²) in [5, 5.41) is 2.94. The molecule has 0 fully saturated rings. The molecule has 3 N–H and O–H groups in total. The number of nitrogens with two attached hydrogens (primary N) is 1. The molecule has 0 aromatic carbocycles. The van der Waals surface area contributed by atoms with Crippen LogP contribution in [0.5, 0.6) is 0 Å². The predicted octanol–water partition coefficient (Wildman–Crippen LogP) is 1.22. The lowest BCUT2D eigenvalue weighted by Crippen LogP contribution is -2.34. The van der Waals surface area contributed by atoms with Crippen LogP contribution in [0.1, 0.15) is 20.3 Å². The molecule has 0 saturated carbocycles. The third-order valence-corrected chi connectivity index (χ3v) is 1.97. The van der Waals surface area contributed by atoms with Gasteiger partial charge >= 0.3 is 0 Å². The third-order valence-electron chi connectivity index (χ3n) is 1.97. The molecule has 6 heteroatoms. The lowest BCUT2D eigenvalue weighted by atomic mass is 10.1. The summed E-state index contributed by atoms with van der Waals surface area (Å²) < 4.78 is 10.3. The van der Waals surface area contributed by atoms with Crippen LogP contribution in [-0.4, -0.2) is 46.0 Å². The molecule has 0 saturated heterocycles. The number of aliphatic imine (C=N–C) groups is 1. The van der Waals surface area contributed by atoms with E-state index in [-0.39, 0.29) is 24.0 Å². The van der Waals surface area contributed by atoms with Gasteiger partial charge in [0.1, 0.15) is 0 Å². The summed E-state index contributed by atoms with van der Waals surface area (Å²) in [6, 6.07) is 0. The molecule has 0 spiro atoms. The van der Waals surface area contributed by atoms with Crippen LogP contribution >= 0.6 is 24.0 Å². The van der Waals surface area contributed by atoms with Crippen molar-refractivity contribution in [3.8, 4) is 0 Å². The van der Waals surface area contributed by atoms with Crippen LogP contribution in [0.3, 0.4) is 0 Å². The number of nitrogens with zero attached hydrogens (tertiary/aromatic N) is 1. The van der Waals surface area contributed by atoms with Gasteiger partial charge in [-0.15, -0.1) is 24.0 Å². The largest absolute Gasteiger partial charge is 0.383 e. The molecule has 0 radical (unpaired) electrons. The van der Waals surface area contributed by atoms with E-state index in [0.29, 0.717) is 38.2 Å². The maximum atomic E-state index is 5.61. The van der Waals surface area contributed by atoms with E-state index in [1.807, 2.05) is 0 Å². The maximum absolute atomic E-state index is 5.61. The SMILES string of the molecule is COCCNC(N)=NCCOCCC(C)C.I. The molecule has 0 aliphatic heterocycles. The Morgan fingerprint density at radius 3 is 2.59 bits per heavy atom. The second-order valence-electron chi connectivity index (χ2n) is 3.98. The minimum atomic E-state index is 0. The van der Waals surface area contributed by atoms with Gasteiger partial charge < -0.3 is 20.5 Å². The normalized spacial score (nSPS) is 11.4. The number of hydrogen-bond acceptors (Lipinski definition) is 3. The minimum absolute atomic E-state index is 0. The topological polar surface area (TPSA) is 68.9 Å². The molecule has 0 rings (SSSR count). The van der Waals surface area contributed by atoms with Gasteiger partial charge in [0.2, 0.25) is 0 Å². The van der Waals surface area contributed by atoms with Gasteiger partial charge in [-0.25, -0.2) is 0 Å². The van der Waals surface area contributed by atoms with Crippen molar-refractivity contribution < 1.29 is 9.47 Å². The van der Waals surface area contributed by atoms with Gasteiger partial charge in [-0.1, -0.05) is 13.8 Å². The summed E-state index contributed by atoms with van der Waals surface area (Å²) in [6.45, 7) is 7.69. The van der Waals surface area contributed by atoms with Crippen LogP contribution in [0.4, 0.5) is 0 Å². The van der Waals surface area contributed by atoms with Crippen molar-refractivity contribution in [2.75, 3.05) is 40.0 Å². The Hall–Kier alpha value is -0.0800. The van der Waals surface area contributed by atoms with Crippen LogP contribution in [0.25, 0.3) is 0 Å². The van der Waals surface area contributed by atoms with Crippen LogP contribution in [-0.2, 0) is 9.47 Å². The van der Waals surface area contributed by atoms with Crippen LogP contribution in [0.2, 0.25) is 0 Å². The first-order chi connectivity index (χ1) is 7.66. The maximum Gasteiger partial charge on any atom is 0.188 e. The number of halogens is 1. The number of guanidine groups is 1. The average molecular weight is 359 g/mol. The van der Waals surface area contributed by atoms with Crippen molar-refractivity contribution in [2.45, 2.75) is 20.3 Å². The summed E-state index contributed by atoms with van der Waals surface area (Å²) in [4.78, 5) is 4.12. The van der Waals surface area contributed by atoms with Crippen LogP contribution < -0.4 is 11.1 Å². The Labute approximate surface area is 122 Å². The smallest absolute Gasteiger partial charge is 0.188 e. The molecule has 0 aliphatic rings. The van der Waals surface area contributed by atoms with Gasteiger partial charge in [-0.2, -0.15) is 0 Å². The molecule has 104 valence electrons. The van der Waals surface area contributed by atoms with Crippen LogP contribution in [0, 0.1) is 5.92 Å². The molecule has 0 aromatic heterocycles. The van der Waals surface area contributed by atoms with Crippen molar-refractivity contribution in [3.63, 3.8) is 0 Å². The highest BCUT2D eigenvalue weighted by atomic mass is 127. The van der Waals surface area contributed by atoms with E-state index < -0.39 is 0 Å². The monoisotopic (exact) mass is 359 g/mol. The molecule has 0 bridgehead atoms. The van der Waals surface area contributed by atoms with Gasteiger partial charge in [0.15, 0.2) is 5.96 Å². The molecular formula is C11H26IN3O2. The highest BCUT2D eigenvalue weighted by molar-refractivity contribution is 14.0. The zero-order valence-electron chi connectivity index (χ0n) is 11.1. The fourth-order valence-electron chi connectivity index (χ4n) is 0.989. The molecule has 17 heavy (non-hydrogen) atoms. The van der Waals surface area contributed by atoms with E-state index >= 15 is 0 Å². The molecule has 0 atom stereocenters. The second-order valence-corrected chi connectivity index (χ2v) is 3.98. The highest BCUT2D eigenvalue weighted by Gasteiger charge is 1.94. The first kappa shape index (κ1) is 19.3. The Morgan fingerprint density at radius 1 is 1.29 bits per heavy atom. The molecular weight excluding hydrogens is 333 g/mol. The van der Waals surface area contributed by atoms with E-state index in [1.54, 1.807) is 7.11 Å². The van der Waals surface area contributed by atoms with Crippen molar-refractivity contribution >= 4 is 29.9 Å². The molecule has 5 nitrogen and oxygen atoms in total. The van der Waals surface area contributed by atoms with Gasteiger partial charge in [-0.05, 0) is 12.3 Å². The summed E-state index contributed by atoms with van der Waals surface area (Å²) in [7, 11) is 1.65. The van der Waals surface area contributed by atoms with E-state index in [9.17, 15) is 0 Å². The van der Waals surface area contributed by atoms with Crippen molar-refractivity contribution in [1.29, 1.82) is 0 Å². The van der Waals surface area contributed by atoms with Crippen LogP contribution in [0.15, 0.2) is 4.99 Å². The lowest BCUT2D eigenvalue weighted by molar-refractivity contribution is 0.130. The zero-order chi connectivity index (χ0) is 12.2. The Morgan fingerprint density at radius 2 is 2.00 bits per heavy atom. The summed E-state index contributed by atoms with van der Waals surface area (Å²) in [5.41, 5.74) is 5.61. The second kappa shape index (κ2) is 14.0. The third kappa shape index (κ3) is 15.9. The fraction of sp³-hybridized carbons (Fsp3) is 0.909. The standard InChI is InChI=1S/C11H25N3O2.HI/c1-10(2)4-7-16-9-6-14-11(12)13-5-8-15-3;/h10H,4-9H2,1-3H3,(H3,12,13,14);1H. The quantitative estimate of drug-likeness (QED) is 0.281. The van der Waals surface area contributed by atoms with Crippen molar-refractivity contribution in [2.24, 2.45) is 16.6 Å². The number of nitrogens with one attached hydrogen (secondary N) is 1. The first-order valence-electron chi connectivity index (χ1n) is 5.77. The van der Waals surface area contributed by atoms with Crippen molar-refractivity contribution in [3.05, 3.63) is 0 Å². The number of hydrogen-bond donors (Lipinski definition) is 2. The highest BCUT2D eigenvalue weighted by Crippen LogP contribution is 1.98. The van der Waals surface area contributed by atoms with E-state index in [2.05, 4.69) is 24.2 Å². The average Bonchev–Trinajstić information content (AvgIpc) is 2.23. The van der Waals surface area contributed by atoms with Gasteiger partial charge in [-0.3, -0.25) is 4.99 Å². The Bertz CT molecular complexity index is 190. The number of ether oxygens (including phenoxy) is 2. The van der Waals surface area contributed by atoms with Gasteiger partial charge in [0.05, 0.1) is 19.8 Å². The fourth-order valence-corrected chi connectivity index (χ4v) is 0.989. The van der Waals surface area contributed by atoms with E-state index in [4.69, 9.17) is 15.2 Å².